The number of fused-ring (bicyclic) bond motifs is 5. The first-order valence-corrected chi connectivity index (χ1v) is 7.22. The minimum atomic E-state index is -0.824. The van der Waals surface area contributed by atoms with Gasteiger partial charge in [0, 0.05) is 10.3 Å². The van der Waals surface area contributed by atoms with Crippen LogP contribution in [0.1, 0.15) is 17.4 Å². The molecule has 0 spiro atoms. The van der Waals surface area contributed by atoms with Gasteiger partial charge < -0.3 is 5.11 Å². The van der Waals surface area contributed by atoms with Crippen LogP contribution in [0.3, 0.4) is 0 Å². The zero-order valence-electron chi connectivity index (χ0n) is 9.23. The molecule has 2 heterocycles. The van der Waals surface area contributed by atoms with Crippen molar-refractivity contribution >= 4 is 32.1 Å². The van der Waals surface area contributed by atoms with Gasteiger partial charge in [-0.25, -0.2) is 0 Å². The van der Waals surface area contributed by atoms with E-state index in [0.29, 0.717) is 0 Å². The van der Waals surface area contributed by atoms with Crippen LogP contribution in [-0.4, -0.2) is 5.11 Å². The van der Waals surface area contributed by atoms with E-state index in [1.807, 2.05) is 25.1 Å². The first-order chi connectivity index (χ1) is 8.19. The van der Waals surface area contributed by atoms with Crippen molar-refractivity contribution < 1.29 is 5.11 Å². The minimum Gasteiger partial charge on any atom is -0.380 e. The summed E-state index contributed by atoms with van der Waals surface area (Å²) in [7, 11) is 0. The Hall–Kier alpha value is -1.16. The molecule has 1 aliphatic carbocycles. The fourth-order valence-electron chi connectivity index (χ4n) is 2.66. The monoisotopic (exact) mass is 258 g/mol. The normalized spacial score (nSPS) is 21.8. The first kappa shape index (κ1) is 9.83. The van der Waals surface area contributed by atoms with Gasteiger partial charge >= 0.3 is 0 Å². The molecule has 17 heavy (non-hydrogen) atoms. The third-order valence-electron chi connectivity index (χ3n) is 3.46. The molecule has 0 bridgehead atoms. The van der Waals surface area contributed by atoms with Gasteiger partial charge in [-0.15, -0.1) is 22.7 Å². The summed E-state index contributed by atoms with van der Waals surface area (Å²) < 4.78 is 2.60. The summed E-state index contributed by atoms with van der Waals surface area (Å²) in [5, 5.41) is 12.9. The molecule has 1 N–H and O–H groups in total. The third-order valence-corrected chi connectivity index (χ3v) is 5.89. The van der Waals surface area contributed by atoms with E-state index in [1.54, 1.807) is 22.7 Å². The predicted molar refractivity (Wildman–Crippen MR) is 73.8 cm³/mol. The van der Waals surface area contributed by atoms with Crippen LogP contribution in [0.25, 0.3) is 20.5 Å². The molecular formula is C14H10OS2. The lowest BCUT2D eigenvalue weighted by Gasteiger charge is -2.18. The number of hydrogen-bond acceptors (Lipinski definition) is 3. The molecule has 1 nitrogen and oxygen atoms in total. The van der Waals surface area contributed by atoms with Crippen LogP contribution in [0.2, 0.25) is 0 Å². The second-order valence-corrected chi connectivity index (χ2v) is 6.51. The molecule has 0 radical (unpaired) electrons. The Morgan fingerprint density at radius 2 is 2.00 bits per heavy atom. The zero-order chi connectivity index (χ0) is 11.6. The Labute approximate surface area is 107 Å². The van der Waals surface area contributed by atoms with Gasteiger partial charge in [-0.1, -0.05) is 24.3 Å². The lowest BCUT2D eigenvalue weighted by molar-refractivity contribution is 0.111. The molecule has 3 heteroatoms. The first-order valence-electron chi connectivity index (χ1n) is 5.52. The third kappa shape index (κ3) is 1.07. The smallest absolute Gasteiger partial charge is 0.122 e. The van der Waals surface area contributed by atoms with Gasteiger partial charge in [0.1, 0.15) is 5.60 Å². The molecular weight excluding hydrogens is 248 g/mol. The topological polar surface area (TPSA) is 20.2 Å². The van der Waals surface area contributed by atoms with Crippen molar-refractivity contribution in [2.75, 3.05) is 0 Å². The summed E-state index contributed by atoms with van der Waals surface area (Å²) in [5.74, 6) is 0. The fraction of sp³-hybridized carbons (Fsp3) is 0.143. The fourth-order valence-corrected chi connectivity index (χ4v) is 5.11. The number of benzene rings is 1. The average molecular weight is 258 g/mol. The van der Waals surface area contributed by atoms with Crippen molar-refractivity contribution in [2.45, 2.75) is 12.5 Å². The standard InChI is InChI=1S/C14H10OS2/c1-14(15)9-5-3-2-4-8(9)11-12-10(6-7-16-12)17-13(11)14/h2-7,15H,1H3. The van der Waals surface area contributed by atoms with E-state index >= 15 is 0 Å². The number of thiophene rings is 2. The van der Waals surface area contributed by atoms with E-state index in [9.17, 15) is 5.11 Å². The van der Waals surface area contributed by atoms with Crippen molar-refractivity contribution in [2.24, 2.45) is 0 Å². The van der Waals surface area contributed by atoms with Gasteiger partial charge in [0.25, 0.3) is 0 Å². The molecule has 0 saturated heterocycles. The van der Waals surface area contributed by atoms with E-state index in [-0.39, 0.29) is 0 Å². The molecule has 84 valence electrons. The van der Waals surface area contributed by atoms with Crippen LogP contribution in [0.4, 0.5) is 0 Å². The van der Waals surface area contributed by atoms with Crippen molar-refractivity contribution in [3.63, 3.8) is 0 Å². The Morgan fingerprint density at radius 1 is 1.18 bits per heavy atom. The van der Waals surface area contributed by atoms with Crippen LogP contribution in [0.15, 0.2) is 35.7 Å². The Morgan fingerprint density at radius 3 is 2.88 bits per heavy atom. The Kier molecular flexibility index (Phi) is 1.73. The summed E-state index contributed by atoms with van der Waals surface area (Å²) in [6, 6.07) is 10.3. The summed E-state index contributed by atoms with van der Waals surface area (Å²) in [5.41, 5.74) is 2.66. The molecule has 1 aromatic carbocycles. The van der Waals surface area contributed by atoms with E-state index in [0.717, 1.165) is 10.4 Å². The Balaban J connectivity index is 2.22. The van der Waals surface area contributed by atoms with E-state index in [4.69, 9.17) is 0 Å². The maximum absolute atomic E-state index is 10.7. The lowest BCUT2D eigenvalue weighted by Crippen LogP contribution is -2.17. The van der Waals surface area contributed by atoms with Gasteiger partial charge in [0.2, 0.25) is 0 Å². The number of rotatable bonds is 0. The summed E-state index contributed by atoms with van der Waals surface area (Å²) in [6.45, 7) is 1.90. The Bertz CT molecular complexity index is 734. The van der Waals surface area contributed by atoms with Crippen LogP contribution >= 0.6 is 22.7 Å². The lowest BCUT2D eigenvalue weighted by atomic mass is 9.98. The second kappa shape index (κ2) is 2.99. The van der Waals surface area contributed by atoms with Gasteiger partial charge in [0.15, 0.2) is 0 Å². The molecule has 1 atom stereocenters. The largest absolute Gasteiger partial charge is 0.380 e. The van der Waals surface area contributed by atoms with Crippen molar-refractivity contribution in [1.82, 2.24) is 0 Å². The van der Waals surface area contributed by atoms with Crippen LogP contribution in [0.5, 0.6) is 0 Å². The second-order valence-electron chi connectivity index (χ2n) is 4.54. The van der Waals surface area contributed by atoms with Crippen LogP contribution < -0.4 is 0 Å². The summed E-state index contributed by atoms with van der Waals surface area (Å²) >= 11 is 3.48. The zero-order valence-corrected chi connectivity index (χ0v) is 10.9. The van der Waals surface area contributed by atoms with Crippen molar-refractivity contribution in [3.05, 3.63) is 46.2 Å². The molecule has 2 aromatic heterocycles. The number of hydrogen-bond donors (Lipinski definition) is 1. The van der Waals surface area contributed by atoms with Gasteiger partial charge in [-0.3, -0.25) is 0 Å². The molecule has 4 rings (SSSR count). The molecule has 1 unspecified atom stereocenters. The summed E-state index contributed by atoms with van der Waals surface area (Å²) in [6.07, 6.45) is 0. The van der Waals surface area contributed by atoms with Gasteiger partial charge in [0.05, 0.1) is 9.58 Å². The van der Waals surface area contributed by atoms with E-state index < -0.39 is 5.60 Å². The molecule has 0 amide bonds. The SMILES string of the molecule is CC1(O)c2ccccc2-c2c1sc1ccsc21. The van der Waals surface area contributed by atoms with Gasteiger partial charge in [-0.2, -0.15) is 0 Å². The highest BCUT2D eigenvalue weighted by Gasteiger charge is 2.40. The van der Waals surface area contributed by atoms with Crippen molar-refractivity contribution in [3.8, 4) is 11.1 Å². The quantitative estimate of drug-likeness (QED) is 0.640. The molecule has 0 fully saturated rings. The van der Waals surface area contributed by atoms with Crippen LogP contribution in [-0.2, 0) is 5.60 Å². The van der Waals surface area contributed by atoms with Gasteiger partial charge in [-0.05, 0) is 29.5 Å². The predicted octanol–water partition coefficient (Wildman–Crippen LogP) is 4.20. The average Bonchev–Trinajstić information content (AvgIpc) is 2.92. The molecule has 0 aliphatic heterocycles. The maximum atomic E-state index is 10.7. The van der Waals surface area contributed by atoms with Crippen molar-refractivity contribution in [1.29, 1.82) is 0 Å². The highest BCUT2D eigenvalue weighted by molar-refractivity contribution is 7.28. The van der Waals surface area contributed by atoms with Crippen LogP contribution in [0, 0.1) is 0 Å². The van der Waals surface area contributed by atoms with E-state index in [1.165, 1.54) is 20.5 Å². The highest BCUT2D eigenvalue weighted by Crippen LogP contribution is 2.55. The molecule has 3 aromatic rings. The minimum absolute atomic E-state index is 0.824. The highest BCUT2D eigenvalue weighted by atomic mass is 32.1. The molecule has 1 aliphatic rings. The number of aliphatic hydroxyl groups is 1. The van der Waals surface area contributed by atoms with E-state index in [2.05, 4.69) is 17.5 Å². The summed E-state index contributed by atoms with van der Waals surface area (Å²) in [4.78, 5) is 1.10. The maximum Gasteiger partial charge on any atom is 0.122 e. The molecule has 0 saturated carbocycles.